The molecule has 0 bridgehead atoms. The maximum atomic E-state index is 5.69. The van der Waals surface area contributed by atoms with E-state index < -0.39 is 0 Å². The van der Waals surface area contributed by atoms with Gasteiger partial charge in [0.1, 0.15) is 17.3 Å². The molecule has 0 unspecified atom stereocenters. The van der Waals surface area contributed by atoms with Gasteiger partial charge < -0.3 is 15.2 Å². The lowest BCUT2D eigenvalue weighted by Crippen LogP contribution is -2.04. The molecule has 2 aromatic rings. The number of nitrogens with two attached hydrogens (primary N) is 1. The number of ether oxygens (including phenoxy) is 2. The van der Waals surface area contributed by atoms with E-state index >= 15 is 0 Å². The van der Waals surface area contributed by atoms with Crippen LogP contribution in [0.2, 0.25) is 0 Å². The third-order valence-electron chi connectivity index (χ3n) is 2.62. The topological polar surface area (TPSA) is 83.2 Å². The van der Waals surface area contributed by atoms with Crippen molar-refractivity contribution in [1.29, 1.82) is 0 Å². The van der Waals surface area contributed by atoms with Crippen molar-refractivity contribution in [2.24, 2.45) is 0 Å². The third-order valence-corrected chi connectivity index (χ3v) is 2.62. The van der Waals surface area contributed by atoms with E-state index in [0.29, 0.717) is 29.6 Å². The van der Waals surface area contributed by atoms with Gasteiger partial charge >= 0.3 is 0 Å². The Labute approximate surface area is 111 Å². The highest BCUT2D eigenvalue weighted by Gasteiger charge is 2.09. The normalized spacial score (nSPS) is 10.3. The fraction of sp³-hybridized carbons (Fsp3) is 0.308. The molecule has 0 aliphatic carbocycles. The SMILES string of the molecule is CCc1nc(N)nc(-c2cc(OC)cc(OC)c2)n1. The lowest BCUT2D eigenvalue weighted by Gasteiger charge is -2.08. The average Bonchev–Trinajstić information content (AvgIpc) is 2.45. The first-order valence-electron chi connectivity index (χ1n) is 5.90. The molecule has 0 amide bonds. The Balaban J connectivity index is 2.54. The molecule has 0 saturated carbocycles. The van der Waals surface area contributed by atoms with Crippen LogP contribution in [0, 0.1) is 0 Å². The van der Waals surface area contributed by atoms with Crippen LogP contribution in [0.5, 0.6) is 11.5 Å². The second-order valence-electron chi connectivity index (χ2n) is 3.89. The van der Waals surface area contributed by atoms with E-state index in [2.05, 4.69) is 15.0 Å². The second-order valence-corrected chi connectivity index (χ2v) is 3.89. The molecule has 1 aromatic heterocycles. The van der Waals surface area contributed by atoms with Gasteiger partial charge in [0.15, 0.2) is 5.82 Å². The van der Waals surface area contributed by atoms with Crippen LogP contribution >= 0.6 is 0 Å². The first kappa shape index (κ1) is 13.1. The van der Waals surface area contributed by atoms with Crippen LogP contribution in [-0.2, 0) is 6.42 Å². The Bertz CT molecular complexity index is 565. The van der Waals surface area contributed by atoms with Gasteiger partial charge in [-0.25, -0.2) is 4.98 Å². The first-order valence-corrected chi connectivity index (χ1v) is 5.90. The Morgan fingerprint density at radius 2 is 1.63 bits per heavy atom. The Morgan fingerprint density at radius 1 is 1.00 bits per heavy atom. The maximum Gasteiger partial charge on any atom is 0.223 e. The van der Waals surface area contributed by atoms with E-state index in [1.165, 1.54) is 0 Å². The molecule has 0 atom stereocenters. The van der Waals surface area contributed by atoms with Crippen LogP contribution in [0.4, 0.5) is 5.95 Å². The molecule has 2 N–H and O–H groups in total. The fourth-order valence-corrected chi connectivity index (χ4v) is 1.66. The van der Waals surface area contributed by atoms with Crippen LogP contribution in [0.1, 0.15) is 12.7 Å². The van der Waals surface area contributed by atoms with Crippen molar-refractivity contribution in [3.63, 3.8) is 0 Å². The summed E-state index contributed by atoms with van der Waals surface area (Å²) < 4.78 is 10.4. The molecule has 6 nitrogen and oxygen atoms in total. The lowest BCUT2D eigenvalue weighted by molar-refractivity contribution is 0.394. The predicted molar refractivity (Wildman–Crippen MR) is 72.2 cm³/mol. The van der Waals surface area contributed by atoms with Gasteiger partial charge in [-0.3, -0.25) is 0 Å². The van der Waals surface area contributed by atoms with E-state index in [9.17, 15) is 0 Å². The van der Waals surface area contributed by atoms with Gasteiger partial charge in [-0.05, 0) is 12.1 Å². The molecule has 1 heterocycles. The molecule has 0 spiro atoms. The van der Waals surface area contributed by atoms with Crippen molar-refractivity contribution in [1.82, 2.24) is 15.0 Å². The number of benzene rings is 1. The largest absolute Gasteiger partial charge is 0.497 e. The molecule has 0 radical (unpaired) electrons. The van der Waals surface area contributed by atoms with Crippen molar-refractivity contribution < 1.29 is 9.47 Å². The second kappa shape index (κ2) is 5.51. The number of nitrogen functional groups attached to an aromatic ring is 1. The van der Waals surface area contributed by atoms with E-state index in [0.717, 1.165) is 5.56 Å². The summed E-state index contributed by atoms with van der Waals surface area (Å²) in [5.74, 6) is 2.73. The smallest absolute Gasteiger partial charge is 0.223 e. The van der Waals surface area contributed by atoms with Gasteiger partial charge in [0.2, 0.25) is 5.95 Å². The van der Waals surface area contributed by atoms with Crippen LogP contribution in [0.15, 0.2) is 18.2 Å². The van der Waals surface area contributed by atoms with E-state index in [1.807, 2.05) is 19.1 Å². The number of rotatable bonds is 4. The van der Waals surface area contributed by atoms with Crippen molar-refractivity contribution in [2.75, 3.05) is 20.0 Å². The van der Waals surface area contributed by atoms with E-state index in [4.69, 9.17) is 15.2 Å². The molecule has 0 aliphatic heterocycles. The molecule has 0 aliphatic rings. The lowest BCUT2D eigenvalue weighted by atomic mass is 10.2. The molecule has 100 valence electrons. The monoisotopic (exact) mass is 260 g/mol. The van der Waals surface area contributed by atoms with Gasteiger partial charge in [0.05, 0.1) is 14.2 Å². The van der Waals surface area contributed by atoms with E-state index in [1.54, 1.807) is 20.3 Å². The molecule has 0 fully saturated rings. The summed E-state index contributed by atoms with van der Waals surface area (Å²) >= 11 is 0. The molecule has 0 saturated heterocycles. The van der Waals surface area contributed by atoms with Crippen molar-refractivity contribution in [3.8, 4) is 22.9 Å². The third kappa shape index (κ3) is 2.90. The van der Waals surface area contributed by atoms with Gasteiger partial charge in [-0.2, -0.15) is 9.97 Å². The zero-order chi connectivity index (χ0) is 13.8. The summed E-state index contributed by atoms with van der Waals surface area (Å²) in [5.41, 5.74) is 6.47. The minimum Gasteiger partial charge on any atom is -0.497 e. The number of nitrogens with zero attached hydrogens (tertiary/aromatic N) is 3. The van der Waals surface area contributed by atoms with Crippen molar-refractivity contribution >= 4 is 5.95 Å². The summed E-state index contributed by atoms with van der Waals surface area (Å²) in [6, 6.07) is 5.45. The molecular formula is C13H16N4O2. The maximum absolute atomic E-state index is 5.69. The summed E-state index contributed by atoms with van der Waals surface area (Å²) in [6.07, 6.45) is 0.695. The Hall–Kier alpha value is -2.37. The van der Waals surface area contributed by atoms with Crippen LogP contribution < -0.4 is 15.2 Å². The highest BCUT2D eigenvalue weighted by molar-refractivity contribution is 5.61. The molecule has 2 rings (SSSR count). The van der Waals surface area contributed by atoms with Gasteiger partial charge in [0.25, 0.3) is 0 Å². The van der Waals surface area contributed by atoms with Crippen molar-refractivity contribution in [2.45, 2.75) is 13.3 Å². The molecule has 6 heteroatoms. The van der Waals surface area contributed by atoms with Crippen LogP contribution in [0.3, 0.4) is 0 Å². The van der Waals surface area contributed by atoms with Crippen molar-refractivity contribution in [3.05, 3.63) is 24.0 Å². The summed E-state index contributed by atoms with van der Waals surface area (Å²) in [6.45, 7) is 1.96. The number of hydrogen-bond donors (Lipinski definition) is 1. The van der Waals surface area contributed by atoms with Crippen LogP contribution in [0.25, 0.3) is 11.4 Å². The molecule has 1 aromatic carbocycles. The number of methoxy groups -OCH3 is 2. The number of aromatic nitrogens is 3. The molecule has 19 heavy (non-hydrogen) atoms. The Kier molecular flexibility index (Phi) is 3.79. The summed E-state index contributed by atoms with van der Waals surface area (Å²) in [7, 11) is 3.19. The quantitative estimate of drug-likeness (QED) is 0.900. The standard InChI is InChI=1S/C13H16N4O2/c1-4-11-15-12(17-13(14)16-11)8-5-9(18-2)7-10(6-8)19-3/h5-7H,4H2,1-3H3,(H2,14,15,16,17). The zero-order valence-corrected chi connectivity index (χ0v) is 11.2. The summed E-state index contributed by atoms with van der Waals surface area (Å²) in [4.78, 5) is 12.6. The Morgan fingerprint density at radius 3 is 2.16 bits per heavy atom. The number of hydrogen-bond acceptors (Lipinski definition) is 6. The van der Waals surface area contributed by atoms with E-state index in [-0.39, 0.29) is 5.95 Å². The minimum absolute atomic E-state index is 0.212. The number of anilines is 1. The first-order chi connectivity index (χ1) is 9.16. The van der Waals surface area contributed by atoms with Crippen LogP contribution in [-0.4, -0.2) is 29.2 Å². The van der Waals surface area contributed by atoms with Gasteiger partial charge in [-0.1, -0.05) is 6.92 Å². The fourth-order valence-electron chi connectivity index (χ4n) is 1.66. The van der Waals surface area contributed by atoms with Gasteiger partial charge in [-0.15, -0.1) is 0 Å². The highest BCUT2D eigenvalue weighted by atomic mass is 16.5. The summed E-state index contributed by atoms with van der Waals surface area (Å²) in [5, 5.41) is 0. The zero-order valence-electron chi connectivity index (χ0n) is 11.2. The minimum atomic E-state index is 0.212. The molecular weight excluding hydrogens is 244 g/mol. The number of aryl methyl sites for hydroxylation is 1. The highest BCUT2D eigenvalue weighted by Crippen LogP contribution is 2.28. The average molecular weight is 260 g/mol. The van der Waals surface area contributed by atoms with Gasteiger partial charge in [0, 0.05) is 18.1 Å². The predicted octanol–water partition coefficient (Wildman–Crippen LogP) is 1.70.